The number of fused-ring (bicyclic) bond motifs is 2. The Morgan fingerprint density at radius 3 is 2.11 bits per heavy atom. The molecule has 0 unspecified atom stereocenters. The van der Waals surface area contributed by atoms with Crippen molar-refractivity contribution < 1.29 is 51.6 Å². The number of hydrogen-bond acceptors (Lipinski definition) is 11. The lowest BCUT2D eigenvalue weighted by Crippen LogP contribution is -2.63. The van der Waals surface area contributed by atoms with Crippen LogP contribution in [-0.4, -0.2) is 94.6 Å². The number of benzene rings is 1. The van der Waals surface area contributed by atoms with E-state index in [1.807, 2.05) is 0 Å². The average Bonchev–Trinajstić information content (AvgIpc) is 3.01. The molecule has 0 saturated carbocycles. The van der Waals surface area contributed by atoms with Crippen LogP contribution in [0.2, 0.25) is 0 Å². The van der Waals surface area contributed by atoms with Crippen LogP contribution in [0.4, 0.5) is 45.2 Å². The van der Waals surface area contributed by atoms with Gasteiger partial charge in [-0.2, -0.15) is 0 Å². The molecule has 0 bridgehead atoms. The number of nitrogens with one attached hydrogen (secondary N) is 2. The van der Waals surface area contributed by atoms with Crippen molar-refractivity contribution >= 4 is 52.3 Å². The number of carbonyl (C=O) groups is 4. The molecule has 1 fully saturated rings. The smallest absolute Gasteiger partial charge is 0.415 e. The van der Waals surface area contributed by atoms with Gasteiger partial charge < -0.3 is 28.6 Å². The summed E-state index contributed by atoms with van der Waals surface area (Å²) in [6, 6.07) is 2.88. The van der Waals surface area contributed by atoms with Gasteiger partial charge in [0.15, 0.2) is 11.5 Å². The van der Waals surface area contributed by atoms with Crippen LogP contribution in [0, 0.1) is 12.7 Å². The molecular weight excluding hydrogens is 710 g/mol. The molecule has 2 aliphatic heterocycles. The van der Waals surface area contributed by atoms with Gasteiger partial charge in [-0.25, -0.2) is 37.9 Å². The van der Waals surface area contributed by atoms with Gasteiger partial charge >= 0.3 is 24.4 Å². The number of carbonyl (C=O) groups excluding carboxylic acids is 4. The predicted molar refractivity (Wildman–Crippen MR) is 195 cm³/mol. The van der Waals surface area contributed by atoms with Gasteiger partial charge in [0.25, 0.3) is 0 Å². The first-order chi connectivity index (χ1) is 24.9. The van der Waals surface area contributed by atoms with Crippen molar-refractivity contribution in [1.82, 2.24) is 14.9 Å². The largest absolute Gasteiger partial charge is 0.474 e. The first kappa shape index (κ1) is 39.7. The molecule has 2 aromatic heterocycles. The second kappa shape index (κ2) is 14.4. The summed E-state index contributed by atoms with van der Waals surface area (Å²) in [5.74, 6) is -0.727. The van der Waals surface area contributed by atoms with Gasteiger partial charge in [-0.3, -0.25) is 15.5 Å². The van der Waals surface area contributed by atoms with Crippen LogP contribution >= 0.6 is 0 Å². The summed E-state index contributed by atoms with van der Waals surface area (Å²) in [5, 5.41) is 5.40. The van der Waals surface area contributed by atoms with Crippen LogP contribution in [0.15, 0.2) is 24.5 Å². The maximum atomic E-state index is 16.7. The van der Waals surface area contributed by atoms with Gasteiger partial charge in [-0.15, -0.1) is 0 Å². The van der Waals surface area contributed by atoms with E-state index in [9.17, 15) is 19.2 Å². The number of hydrogen-bond donors (Lipinski definition) is 2. The molecule has 2 aliphatic rings. The van der Waals surface area contributed by atoms with E-state index in [-0.39, 0.29) is 60.1 Å². The summed E-state index contributed by atoms with van der Waals surface area (Å²) >= 11 is 0. The minimum Gasteiger partial charge on any atom is -0.474 e. The van der Waals surface area contributed by atoms with Crippen molar-refractivity contribution in [3.63, 3.8) is 0 Å². The van der Waals surface area contributed by atoms with E-state index in [1.54, 1.807) is 69.2 Å². The van der Waals surface area contributed by atoms with Gasteiger partial charge in [0.2, 0.25) is 5.88 Å². The summed E-state index contributed by atoms with van der Waals surface area (Å²) in [7, 11) is 0. The second-order valence-corrected chi connectivity index (χ2v) is 16.2. The third kappa shape index (κ3) is 9.35. The number of ether oxygens (including phenoxy) is 5. The first-order valence-corrected chi connectivity index (χ1v) is 17.3. The molecule has 0 aliphatic carbocycles. The summed E-state index contributed by atoms with van der Waals surface area (Å²) in [5.41, 5.74) is -3.71. The Balaban J connectivity index is 1.45. The molecule has 0 spiro atoms. The Labute approximate surface area is 311 Å². The molecule has 1 aromatic carbocycles. The Hall–Kier alpha value is -5.48. The zero-order valence-corrected chi connectivity index (χ0v) is 32.1. The fourth-order valence-corrected chi connectivity index (χ4v) is 5.69. The molecule has 292 valence electrons. The van der Waals surface area contributed by atoms with Crippen molar-refractivity contribution in [1.29, 1.82) is 0 Å². The highest BCUT2D eigenvalue weighted by atomic mass is 19.1. The van der Waals surface area contributed by atoms with Crippen LogP contribution in [0.1, 0.15) is 67.9 Å². The van der Waals surface area contributed by atoms with Gasteiger partial charge in [0.1, 0.15) is 41.5 Å². The molecule has 15 nitrogen and oxygen atoms in total. The predicted octanol–water partition coefficient (Wildman–Crippen LogP) is 7.73. The Morgan fingerprint density at radius 2 is 1.48 bits per heavy atom. The van der Waals surface area contributed by atoms with E-state index in [0.717, 1.165) is 0 Å². The Kier molecular flexibility index (Phi) is 10.6. The van der Waals surface area contributed by atoms with E-state index in [4.69, 9.17) is 23.7 Å². The van der Waals surface area contributed by atoms with Crippen LogP contribution < -0.4 is 20.3 Å². The van der Waals surface area contributed by atoms with Crippen molar-refractivity contribution in [3.05, 3.63) is 35.9 Å². The Bertz CT molecular complexity index is 1980. The molecule has 2 N–H and O–H groups in total. The maximum absolute atomic E-state index is 16.7. The molecule has 4 amide bonds. The lowest BCUT2D eigenvalue weighted by Gasteiger charge is -2.43. The monoisotopic (exact) mass is 756 g/mol. The molecule has 3 aromatic rings. The standard InChI is InChI=1S/C37H46F2N6O9/c1-20-23(15-41-29-28(20)45(11-12-50-29)33(49)54-36(8,9)10)22-13-21-14-25(40-16-24(21)27(26(22)38)43-31(47)52-34(2,3)4)42-30(46)51-19-37(39)17-44(18-37)32(48)53-35(5,6)7/h13-16H,11-12,17-19H2,1-10H3,(H,43,47)(H,40,42,46). The topological polar surface area (TPSA) is 171 Å². The zero-order chi connectivity index (χ0) is 40.0. The highest BCUT2D eigenvalue weighted by Gasteiger charge is 2.48. The summed E-state index contributed by atoms with van der Waals surface area (Å²) in [6.45, 7) is 16.0. The number of alkyl halides is 1. The van der Waals surface area contributed by atoms with Crippen LogP contribution in [0.25, 0.3) is 21.9 Å². The third-order valence-corrected chi connectivity index (χ3v) is 7.88. The molecule has 0 radical (unpaired) electrons. The number of halogens is 2. The van der Waals surface area contributed by atoms with E-state index in [1.165, 1.54) is 34.3 Å². The average molecular weight is 757 g/mol. The van der Waals surface area contributed by atoms with E-state index in [2.05, 4.69) is 20.6 Å². The molecule has 4 heterocycles. The molecule has 1 saturated heterocycles. The highest BCUT2D eigenvalue weighted by molar-refractivity contribution is 6.05. The number of pyridine rings is 2. The minimum atomic E-state index is -1.97. The quantitative estimate of drug-likeness (QED) is 0.244. The fraction of sp³-hybridized carbons (Fsp3) is 0.514. The number of likely N-dealkylation sites (tertiary alicyclic amines) is 1. The second-order valence-electron chi connectivity index (χ2n) is 16.2. The number of aromatic nitrogens is 2. The third-order valence-electron chi connectivity index (χ3n) is 7.88. The van der Waals surface area contributed by atoms with Crippen LogP contribution in [0.5, 0.6) is 5.88 Å². The van der Waals surface area contributed by atoms with Crippen LogP contribution in [-0.2, 0) is 18.9 Å². The maximum Gasteiger partial charge on any atom is 0.415 e. The lowest BCUT2D eigenvalue weighted by molar-refractivity contribution is -0.0740. The van der Waals surface area contributed by atoms with Gasteiger partial charge in [-0.05, 0) is 92.3 Å². The number of rotatable bonds is 5. The van der Waals surface area contributed by atoms with Gasteiger partial charge in [0.05, 0.1) is 25.3 Å². The van der Waals surface area contributed by atoms with Gasteiger partial charge in [-0.1, -0.05) is 0 Å². The van der Waals surface area contributed by atoms with E-state index in [0.29, 0.717) is 16.6 Å². The molecule has 5 rings (SSSR count). The molecular formula is C37H46F2N6O9. The summed E-state index contributed by atoms with van der Waals surface area (Å²) in [6.07, 6.45) is -0.638. The molecule has 17 heteroatoms. The number of anilines is 3. The minimum absolute atomic E-state index is 0.0188. The highest BCUT2D eigenvalue weighted by Crippen LogP contribution is 2.43. The molecule has 0 atom stereocenters. The van der Waals surface area contributed by atoms with E-state index >= 15 is 8.78 Å². The SMILES string of the molecule is Cc1c(-c2cc3cc(NC(=O)OCC4(F)CN(C(=O)OC(C)(C)C)C4)ncc3c(NC(=O)OC(C)(C)C)c2F)cnc2c1N(C(=O)OC(C)(C)C)CCO2. The van der Waals surface area contributed by atoms with E-state index < -0.39 is 59.3 Å². The van der Waals surface area contributed by atoms with Crippen molar-refractivity contribution in [2.75, 3.05) is 48.4 Å². The fourth-order valence-electron chi connectivity index (χ4n) is 5.69. The number of nitrogens with zero attached hydrogens (tertiary/aromatic N) is 4. The zero-order valence-electron chi connectivity index (χ0n) is 32.1. The summed E-state index contributed by atoms with van der Waals surface area (Å²) in [4.78, 5) is 62.2. The number of amides is 4. The van der Waals surface area contributed by atoms with Crippen molar-refractivity contribution in [2.45, 2.75) is 91.7 Å². The van der Waals surface area contributed by atoms with Gasteiger partial charge in [0, 0.05) is 28.9 Å². The lowest BCUT2D eigenvalue weighted by atomic mass is 9.96. The summed E-state index contributed by atoms with van der Waals surface area (Å²) < 4.78 is 58.9. The van der Waals surface area contributed by atoms with Crippen LogP contribution in [0.3, 0.4) is 0 Å². The Morgan fingerprint density at radius 1 is 0.852 bits per heavy atom. The normalized spacial score (nSPS) is 15.3. The first-order valence-electron chi connectivity index (χ1n) is 17.3. The van der Waals surface area contributed by atoms with Crippen molar-refractivity contribution in [3.8, 4) is 17.0 Å². The van der Waals surface area contributed by atoms with Crippen molar-refractivity contribution in [2.24, 2.45) is 0 Å². The molecule has 54 heavy (non-hydrogen) atoms.